The van der Waals surface area contributed by atoms with Crippen LogP contribution in [-0.2, 0) is 10.3 Å². The predicted octanol–water partition coefficient (Wildman–Crippen LogP) is 2.03. The normalized spacial score (nSPS) is 17.2. The molecule has 1 fully saturated rings. The van der Waals surface area contributed by atoms with Gasteiger partial charge in [0.15, 0.2) is 0 Å². The Morgan fingerprint density at radius 2 is 2.14 bits per heavy atom. The Kier molecular flexibility index (Phi) is 1.90. The fourth-order valence-electron chi connectivity index (χ4n) is 1.70. The number of hydrogen-bond donors (Lipinski definition) is 1. The van der Waals surface area contributed by atoms with Gasteiger partial charge in [0.1, 0.15) is 5.75 Å². The fourth-order valence-corrected chi connectivity index (χ4v) is 1.70. The SMILES string of the molecule is Cc1cc(O)cc(C2(N=C=O)CC2)c1. The van der Waals surface area contributed by atoms with Crippen molar-refractivity contribution in [3.63, 3.8) is 0 Å². The molecule has 0 atom stereocenters. The van der Waals surface area contributed by atoms with E-state index in [0.717, 1.165) is 24.0 Å². The summed E-state index contributed by atoms with van der Waals surface area (Å²) >= 11 is 0. The average Bonchev–Trinajstić information content (AvgIpc) is 2.84. The summed E-state index contributed by atoms with van der Waals surface area (Å²) in [5, 5.41) is 9.41. The standard InChI is InChI=1S/C11H11NO2/c1-8-4-9(6-10(14)5-8)11(2-3-11)12-7-13/h4-6,14H,2-3H2,1H3. The van der Waals surface area contributed by atoms with E-state index >= 15 is 0 Å². The first-order valence-corrected chi connectivity index (χ1v) is 4.56. The van der Waals surface area contributed by atoms with Gasteiger partial charge in [-0.2, -0.15) is 4.99 Å². The van der Waals surface area contributed by atoms with E-state index in [0.29, 0.717) is 0 Å². The Labute approximate surface area is 82.1 Å². The van der Waals surface area contributed by atoms with Crippen LogP contribution in [0, 0.1) is 6.92 Å². The molecule has 0 heterocycles. The van der Waals surface area contributed by atoms with Crippen molar-refractivity contribution in [2.24, 2.45) is 4.99 Å². The summed E-state index contributed by atoms with van der Waals surface area (Å²) in [7, 11) is 0. The zero-order chi connectivity index (χ0) is 10.2. The lowest BCUT2D eigenvalue weighted by molar-refractivity contribution is 0.472. The van der Waals surface area contributed by atoms with Gasteiger partial charge in [0.25, 0.3) is 0 Å². The smallest absolute Gasteiger partial charge is 0.235 e. The molecule has 0 unspecified atom stereocenters. The highest BCUT2D eigenvalue weighted by atomic mass is 16.3. The van der Waals surface area contributed by atoms with Crippen molar-refractivity contribution in [2.45, 2.75) is 25.3 Å². The first kappa shape index (κ1) is 8.97. The van der Waals surface area contributed by atoms with Gasteiger partial charge >= 0.3 is 0 Å². The van der Waals surface area contributed by atoms with Crippen LogP contribution in [0.3, 0.4) is 0 Å². The molecule has 2 rings (SSSR count). The molecule has 1 aromatic rings. The highest BCUT2D eigenvalue weighted by Gasteiger charge is 2.45. The summed E-state index contributed by atoms with van der Waals surface area (Å²) in [6.45, 7) is 1.91. The Bertz CT molecular complexity index is 395. The van der Waals surface area contributed by atoms with Crippen LogP contribution < -0.4 is 0 Å². The van der Waals surface area contributed by atoms with Gasteiger partial charge in [-0.25, -0.2) is 4.79 Å². The zero-order valence-electron chi connectivity index (χ0n) is 7.95. The van der Waals surface area contributed by atoms with E-state index in [1.165, 1.54) is 0 Å². The molecular formula is C11H11NO2. The highest BCUT2D eigenvalue weighted by molar-refractivity contribution is 5.44. The molecule has 0 amide bonds. The minimum atomic E-state index is -0.384. The molecule has 0 aliphatic heterocycles. The van der Waals surface area contributed by atoms with E-state index in [9.17, 15) is 9.90 Å². The quantitative estimate of drug-likeness (QED) is 0.571. The van der Waals surface area contributed by atoms with Crippen molar-refractivity contribution >= 4 is 6.08 Å². The van der Waals surface area contributed by atoms with Crippen LogP contribution in [0.4, 0.5) is 0 Å². The van der Waals surface area contributed by atoms with Gasteiger partial charge in [-0.1, -0.05) is 6.07 Å². The van der Waals surface area contributed by atoms with Gasteiger partial charge < -0.3 is 5.11 Å². The molecule has 14 heavy (non-hydrogen) atoms. The molecule has 1 saturated carbocycles. The lowest BCUT2D eigenvalue weighted by atomic mass is 10.0. The Hall–Kier alpha value is -1.60. The van der Waals surface area contributed by atoms with Crippen LogP contribution in [-0.4, -0.2) is 11.2 Å². The third-order valence-electron chi connectivity index (χ3n) is 2.58. The van der Waals surface area contributed by atoms with Gasteiger partial charge in [0.2, 0.25) is 6.08 Å². The Morgan fingerprint density at radius 1 is 1.43 bits per heavy atom. The van der Waals surface area contributed by atoms with Crippen LogP contribution in [0.25, 0.3) is 0 Å². The van der Waals surface area contributed by atoms with Gasteiger partial charge in [0, 0.05) is 0 Å². The van der Waals surface area contributed by atoms with E-state index in [4.69, 9.17) is 0 Å². The second-order valence-electron chi connectivity index (χ2n) is 3.79. The first-order chi connectivity index (χ1) is 6.66. The lowest BCUT2D eigenvalue weighted by Crippen LogP contribution is -2.02. The second kappa shape index (κ2) is 2.96. The molecule has 0 aromatic heterocycles. The monoisotopic (exact) mass is 189 g/mol. The van der Waals surface area contributed by atoms with Crippen LogP contribution in [0.2, 0.25) is 0 Å². The van der Waals surface area contributed by atoms with Crippen LogP contribution >= 0.6 is 0 Å². The minimum Gasteiger partial charge on any atom is -0.508 e. The maximum Gasteiger partial charge on any atom is 0.235 e. The summed E-state index contributed by atoms with van der Waals surface area (Å²) in [4.78, 5) is 14.1. The molecule has 0 saturated heterocycles. The number of rotatable bonds is 2. The van der Waals surface area contributed by atoms with E-state index in [1.807, 2.05) is 13.0 Å². The molecule has 72 valence electrons. The minimum absolute atomic E-state index is 0.229. The van der Waals surface area contributed by atoms with Crippen molar-refractivity contribution in [3.05, 3.63) is 29.3 Å². The fraction of sp³-hybridized carbons (Fsp3) is 0.364. The molecule has 1 aromatic carbocycles. The number of phenols is 1. The number of aryl methyl sites for hydroxylation is 1. The van der Waals surface area contributed by atoms with Crippen molar-refractivity contribution in [3.8, 4) is 5.75 Å². The summed E-state index contributed by atoms with van der Waals surface area (Å²) in [6.07, 6.45) is 3.33. The molecule has 3 heteroatoms. The van der Waals surface area contributed by atoms with Crippen LogP contribution in [0.5, 0.6) is 5.75 Å². The summed E-state index contributed by atoms with van der Waals surface area (Å²) in [5.41, 5.74) is 1.51. The molecule has 1 N–H and O–H groups in total. The molecule has 0 spiro atoms. The summed E-state index contributed by atoms with van der Waals surface area (Å²) < 4.78 is 0. The maximum absolute atomic E-state index is 10.2. The van der Waals surface area contributed by atoms with E-state index < -0.39 is 0 Å². The Morgan fingerprint density at radius 3 is 2.64 bits per heavy atom. The third-order valence-corrected chi connectivity index (χ3v) is 2.58. The molecule has 1 aliphatic carbocycles. The van der Waals surface area contributed by atoms with Gasteiger partial charge in [-0.15, -0.1) is 0 Å². The summed E-state index contributed by atoms with van der Waals surface area (Å²) in [5.74, 6) is 0.229. The number of benzene rings is 1. The third kappa shape index (κ3) is 1.42. The van der Waals surface area contributed by atoms with Gasteiger partial charge in [0.05, 0.1) is 5.54 Å². The molecule has 3 nitrogen and oxygen atoms in total. The van der Waals surface area contributed by atoms with Crippen molar-refractivity contribution in [1.29, 1.82) is 0 Å². The average molecular weight is 189 g/mol. The van der Waals surface area contributed by atoms with E-state index in [-0.39, 0.29) is 11.3 Å². The molecule has 0 radical (unpaired) electrons. The van der Waals surface area contributed by atoms with Gasteiger partial charge in [-0.3, -0.25) is 0 Å². The lowest BCUT2D eigenvalue weighted by Gasteiger charge is -2.09. The zero-order valence-corrected chi connectivity index (χ0v) is 7.95. The number of aliphatic imine (C=N–C) groups is 1. The van der Waals surface area contributed by atoms with E-state index in [1.54, 1.807) is 18.2 Å². The molecule has 1 aliphatic rings. The highest BCUT2D eigenvalue weighted by Crippen LogP contribution is 2.49. The van der Waals surface area contributed by atoms with E-state index in [2.05, 4.69) is 4.99 Å². The van der Waals surface area contributed by atoms with Crippen molar-refractivity contribution in [2.75, 3.05) is 0 Å². The van der Waals surface area contributed by atoms with Crippen molar-refractivity contribution < 1.29 is 9.90 Å². The number of carbonyl (C=O) groups excluding carboxylic acids is 1. The Balaban J connectivity index is 2.46. The largest absolute Gasteiger partial charge is 0.508 e. The van der Waals surface area contributed by atoms with Crippen LogP contribution in [0.15, 0.2) is 23.2 Å². The number of aromatic hydroxyl groups is 1. The van der Waals surface area contributed by atoms with Crippen molar-refractivity contribution in [1.82, 2.24) is 0 Å². The molecular weight excluding hydrogens is 178 g/mol. The number of isocyanates is 1. The first-order valence-electron chi connectivity index (χ1n) is 4.56. The van der Waals surface area contributed by atoms with Gasteiger partial charge in [-0.05, 0) is 43.0 Å². The topological polar surface area (TPSA) is 49.7 Å². The second-order valence-corrected chi connectivity index (χ2v) is 3.79. The molecule has 0 bridgehead atoms. The van der Waals surface area contributed by atoms with Crippen LogP contribution in [0.1, 0.15) is 24.0 Å². The summed E-state index contributed by atoms with van der Waals surface area (Å²) in [6, 6.07) is 5.30. The predicted molar refractivity (Wildman–Crippen MR) is 51.9 cm³/mol. The number of nitrogens with zero attached hydrogens (tertiary/aromatic N) is 1. The number of phenolic OH excluding ortho intramolecular Hbond substituents is 1. The number of hydrogen-bond acceptors (Lipinski definition) is 3. The maximum atomic E-state index is 10.2.